The van der Waals surface area contributed by atoms with E-state index in [0.29, 0.717) is 15.0 Å². The summed E-state index contributed by atoms with van der Waals surface area (Å²) in [6.07, 6.45) is 0. The second kappa shape index (κ2) is 5.42. The van der Waals surface area contributed by atoms with Crippen LogP contribution in [0.5, 0.6) is 0 Å². The Kier molecular flexibility index (Phi) is 4.09. The lowest BCUT2D eigenvalue weighted by atomic mass is 10.2. The van der Waals surface area contributed by atoms with Gasteiger partial charge in [0.2, 0.25) is 0 Å². The molecule has 0 unspecified atom stereocenters. The van der Waals surface area contributed by atoms with Crippen molar-refractivity contribution in [1.29, 1.82) is 0 Å². The monoisotopic (exact) mass is 345 g/mol. The first-order chi connectivity index (χ1) is 8.47. The van der Waals surface area contributed by atoms with Gasteiger partial charge in [-0.3, -0.25) is 4.79 Å². The normalized spacial score (nSPS) is 10.4. The van der Waals surface area contributed by atoms with Crippen LogP contribution in [0.1, 0.15) is 15.2 Å². The van der Waals surface area contributed by atoms with Crippen molar-refractivity contribution < 1.29 is 9.18 Å². The maximum atomic E-state index is 13.4. The lowest BCUT2D eigenvalue weighted by Gasteiger charge is -2.08. The summed E-state index contributed by atoms with van der Waals surface area (Å²) in [6, 6.07) is 4.60. The Morgan fingerprint density at radius 1 is 1.44 bits per heavy atom. The van der Waals surface area contributed by atoms with E-state index in [9.17, 15) is 9.18 Å². The molecule has 0 spiro atoms. The van der Waals surface area contributed by atoms with Crippen LogP contribution in [0.2, 0.25) is 0 Å². The van der Waals surface area contributed by atoms with Crippen LogP contribution in [0.4, 0.5) is 10.1 Å². The predicted octanol–water partition coefficient (Wildman–Crippen LogP) is 4.50. The summed E-state index contributed by atoms with van der Waals surface area (Å²) in [7, 11) is 0. The predicted molar refractivity (Wildman–Crippen MR) is 78.4 cm³/mol. The van der Waals surface area contributed by atoms with Gasteiger partial charge in [0.25, 0.3) is 5.91 Å². The molecule has 2 rings (SSSR count). The molecule has 1 N–H and O–H groups in total. The largest absolute Gasteiger partial charge is 0.321 e. The number of thiol groups is 1. The highest BCUT2D eigenvalue weighted by atomic mass is 79.9. The van der Waals surface area contributed by atoms with Crippen LogP contribution in [0.25, 0.3) is 0 Å². The highest BCUT2D eigenvalue weighted by molar-refractivity contribution is 9.10. The lowest BCUT2D eigenvalue weighted by Crippen LogP contribution is -2.11. The number of benzene rings is 1. The van der Waals surface area contributed by atoms with Gasteiger partial charge >= 0.3 is 0 Å². The van der Waals surface area contributed by atoms with Gasteiger partial charge in [-0.1, -0.05) is 0 Å². The summed E-state index contributed by atoms with van der Waals surface area (Å²) < 4.78 is 13.8. The second-order valence-corrected chi connectivity index (χ2v) is 5.99. The number of hydrogen-bond donors (Lipinski definition) is 2. The molecule has 1 aromatic carbocycles. The first-order valence-electron chi connectivity index (χ1n) is 5.02. The van der Waals surface area contributed by atoms with Gasteiger partial charge in [-0.15, -0.1) is 24.0 Å². The molecule has 0 saturated heterocycles. The standard InChI is InChI=1S/C12H9BrFNOS2/c1-6-2-8(13)9(14)4-10(6)15-12(16)11-3-7(17)5-18-11/h2-5,17H,1H3,(H,15,16). The zero-order valence-corrected chi connectivity index (χ0v) is 12.6. The molecule has 1 amide bonds. The number of rotatable bonds is 2. The maximum Gasteiger partial charge on any atom is 0.265 e. The molecule has 0 saturated carbocycles. The molecule has 0 atom stereocenters. The van der Waals surface area contributed by atoms with Crippen molar-refractivity contribution in [3.8, 4) is 0 Å². The van der Waals surface area contributed by atoms with Gasteiger partial charge in [0.15, 0.2) is 0 Å². The smallest absolute Gasteiger partial charge is 0.265 e. The lowest BCUT2D eigenvalue weighted by molar-refractivity contribution is 0.103. The number of carbonyl (C=O) groups is 1. The van der Waals surface area contributed by atoms with E-state index in [4.69, 9.17) is 0 Å². The number of anilines is 1. The topological polar surface area (TPSA) is 29.1 Å². The number of aryl methyl sites for hydroxylation is 1. The number of halogens is 2. The van der Waals surface area contributed by atoms with Crippen LogP contribution in [-0.2, 0) is 0 Å². The van der Waals surface area contributed by atoms with Gasteiger partial charge in [-0.05, 0) is 46.6 Å². The molecule has 18 heavy (non-hydrogen) atoms. The molecule has 0 aliphatic rings. The first kappa shape index (κ1) is 13.6. The van der Waals surface area contributed by atoms with E-state index < -0.39 is 5.82 Å². The van der Waals surface area contributed by atoms with E-state index in [1.165, 1.54) is 17.4 Å². The van der Waals surface area contributed by atoms with Crippen LogP contribution in [0.15, 0.2) is 32.9 Å². The second-order valence-electron chi connectivity index (χ2n) is 3.70. The van der Waals surface area contributed by atoms with E-state index in [1.54, 1.807) is 24.4 Å². The van der Waals surface area contributed by atoms with E-state index >= 15 is 0 Å². The fourth-order valence-electron chi connectivity index (χ4n) is 1.41. The molecule has 6 heteroatoms. The highest BCUT2D eigenvalue weighted by Crippen LogP contribution is 2.25. The van der Waals surface area contributed by atoms with Crippen LogP contribution >= 0.6 is 39.9 Å². The number of hydrogen-bond acceptors (Lipinski definition) is 3. The molecule has 0 bridgehead atoms. The summed E-state index contributed by atoms with van der Waals surface area (Å²) in [5, 5.41) is 4.46. The minimum absolute atomic E-state index is 0.259. The van der Waals surface area contributed by atoms with Gasteiger partial charge in [0.1, 0.15) is 5.82 Å². The van der Waals surface area contributed by atoms with Crippen molar-refractivity contribution in [2.75, 3.05) is 5.32 Å². The number of carbonyl (C=O) groups excluding carboxylic acids is 1. The molecule has 1 aromatic heterocycles. The zero-order valence-electron chi connectivity index (χ0n) is 9.33. The number of nitrogens with one attached hydrogen (secondary N) is 1. The Morgan fingerprint density at radius 2 is 2.17 bits per heavy atom. The third-order valence-electron chi connectivity index (χ3n) is 2.32. The first-order valence-corrected chi connectivity index (χ1v) is 7.14. The Hall–Kier alpha value is -0.850. The average molecular weight is 346 g/mol. The summed E-state index contributed by atoms with van der Waals surface area (Å²) >= 11 is 8.54. The van der Waals surface area contributed by atoms with Gasteiger partial charge in [0, 0.05) is 16.0 Å². The SMILES string of the molecule is Cc1cc(Br)c(F)cc1NC(=O)c1cc(S)cs1. The van der Waals surface area contributed by atoms with Crippen molar-refractivity contribution in [3.05, 3.63) is 44.3 Å². The van der Waals surface area contributed by atoms with Crippen molar-refractivity contribution in [3.63, 3.8) is 0 Å². The van der Waals surface area contributed by atoms with Crippen molar-refractivity contribution in [2.24, 2.45) is 0 Å². The molecule has 0 aliphatic carbocycles. The summed E-state index contributed by atoms with van der Waals surface area (Å²) in [5.41, 5.74) is 1.26. The summed E-state index contributed by atoms with van der Waals surface area (Å²) in [4.78, 5) is 13.2. The number of amides is 1. The Bertz CT molecular complexity index is 612. The van der Waals surface area contributed by atoms with E-state index in [1.807, 2.05) is 0 Å². The molecule has 94 valence electrons. The van der Waals surface area contributed by atoms with Gasteiger partial charge in [-0.2, -0.15) is 0 Å². The van der Waals surface area contributed by atoms with E-state index in [-0.39, 0.29) is 5.91 Å². The minimum Gasteiger partial charge on any atom is -0.321 e. The van der Waals surface area contributed by atoms with Crippen LogP contribution < -0.4 is 5.32 Å². The molecule has 0 aliphatic heterocycles. The van der Waals surface area contributed by atoms with Crippen molar-refractivity contribution >= 4 is 51.5 Å². The zero-order chi connectivity index (χ0) is 13.3. The molecule has 0 fully saturated rings. The fraction of sp³-hybridized carbons (Fsp3) is 0.0833. The molecule has 2 nitrogen and oxygen atoms in total. The van der Waals surface area contributed by atoms with E-state index in [0.717, 1.165) is 10.5 Å². The third-order valence-corrected chi connectivity index (χ3v) is 4.29. The molecule has 0 radical (unpaired) electrons. The Labute approximate surface area is 122 Å². The van der Waals surface area contributed by atoms with E-state index in [2.05, 4.69) is 33.9 Å². The third kappa shape index (κ3) is 2.93. The molecular formula is C12H9BrFNOS2. The number of thiophene rings is 1. The van der Waals surface area contributed by atoms with Crippen LogP contribution in [0, 0.1) is 12.7 Å². The maximum absolute atomic E-state index is 13.4. The Morgan fingerprint density at radius 3 is 2.78 bits per heavy atom. The Balaban J connectivity index is 2.24. The summed E-state index contributed by atoms with van der Waals surface area (Å²) in [5.74, 6) is -0.665. The minimum atomic E-state index is -0.406. The van der Waals surface area contributed by atoms with Gasteiger partial charge in [0.05, 0.1) is 9.35 Å². The molecule has 2 aromatic rings. The van der Waals surface area contributed by atoms with Crippen LogP contribution in [-0.4, -0.2) is 5.91 Å². The van der Waals surface area contributed by atoms with Crippen molar-refractivity contribution in [1.82, 2.24) is 0 Å². The average Bonchev–Trinajstić information content (AvgIpc) is 2.73. The molecular weight excluding hydrogens is 337 g/mol. The quantitative estimate of drug-likeness (QED) is 0.771. The summed E-state index contributed by atoms with van der Waals surface area (Å²) in [6.45, 7) is 1.80. The van der Waals surface area contributed by atoms with Gasteiger partial charge in [-0.25, -0.2) is 4.39 Å². The fourth-order valence-corrected chi connectivity index (χ4v) is 2.91. The van der Waals surface area contributed by atoms with Gasteiger partial charge < -0.3 is 5.32 Å². The molecule has 1 heterocycles. The highest BCUT2D eigenvalue weighted by Gasteiger charge is 2.11. The van der Waals surface area contributed by atoms with Crippen molar-refractivity contribution in [2.45, 2.75) is 11.8 Å². The van der Waals surface area contributed by atoms with Crippen LogP contribution in [0.3, 0.4) is 0 Å².